The van der Waals surface area contributed by atoms with Crippen LogP contribution in [0.25, 0.3) is 10.1 Å². The summed E-state index contributed by atoms with van der Waals surface area (Å²) in [5.74, 6) is -0.548. The van der Waals surface area contributed by atoms with E-state index in [1.807, 2.05) is 19.9 Å². The van der Waals surface area contributed by atoms with Gasteiger partial charge in [-0.05, 0) is 25.0 Å². The molecule has 1 heterocycles. The standard InChI is InChI=1S/C17H23FN2O2S.ClH/c1-4-17(5-2,10-19)20-16(21)15-11(9-22-3)14-12(18)7-6-8-13(14)23-15;/h6-8H,4-5,9-10,19H2,1-3H3,(H,20,21);1H. The van der Waals surface area contributed by atoms with Gasteiger partial charge in [0.1, 0.15) is 5.82 Å². The van der Waals surface area contributed by atoms with Crippen molar-refractivity contribution in [2.24, 2.45) is 5.73 Å². The van der Waals surface area contributed by atoms with E-state index in [0.717, 1.165) is 17.5 Å². The number of halogens is 2. The maximum atomic E-state index is 14.2. The first-order valence-corrected chi connectivity index (χ1v) is 8.55. The molecule has 0 bridgehead atoms. The molecular formula is C17H24ClFN2O2S. The quantitative estimate of drug-likeness (QED) is 0.773. The monoisotopic (exact) mass is 374 g/mol. The zero-order valence-electron chi connectivity index (χ0n) is 14.1. The van der Waals surface area contributed by atoms with E-state index >= 15 is 0 Å². The highest BCUT2D eigenvalue weighted by atomic mass is 35.5. The van der Waals surface area contributed by atoms with E-state index in [0.29, 0.717) is 22.4 Å². The second kappa shape index (κ2) is 8.76. The van der Waals surface area contributed by atoms with Crippen molar-refractivity contribution in [2.45, 2.75) is 38.8 Å². The third-order valence-corrected chi connectivity index (χ3v) is 5.58. The molecule has 0 aliphatic heterocycles. The average Bonchev–Trinajstić information content (AvgIpc) is 2.93. The molecule has 3 N–H and O–H groups in total. The lowest BCUT2D eigenvalue weighted by Gasteiger charge is -2.31. The topological polar surface area (TPSA) is 64.3 Å². The summed E-state index contributed by atoms with van der Waals surface area (Å²) >= 11 is 1.29. The molecule has 134 valence electrons. The van der Waals surface area contributed by atoms with Crippen LogP contribution >= 0.6 is 23.7 Å². The summed E-state index contributed by atoms with van der Waals surface area (Å²) in [5, 5.41) is 3.51. The van der Waals surface area contributed by atoms with E-state index in [4.69, 9.17) is 10.5 Å². The van der Waals surface area contributed by atoms with E-state index < -0.39 is 5.54 Å². The summed E-state index contributed by atoms with van der Waals surface area (Å²) in [6, 6.07) is 4.86. The Morgan fingerprint density at radius 1 is 1.38 bits per heavy atom. The lowest BCUT2D eigenvalue weighted by Crippen LogP contribution is -2.52. The highest BCUT2D eigenvalue weighted by Crippen LogP contribution is 2.34. The van der Waals surface area contributed by atoms with Gasteiger partial charge in [-0.1, -0.05) is 19.9 Å². The molecule has 0 saturated heterocycles. The molecule has 2 rings (SSSR count). The molecule has 0 aliphatic carbocycles. The van der Waals surface area contributed by atoms with Crippen molar-refractivity contribution in [3.63, 3.8) is 0 Å². The fourth-order valence-corrected chi connectivity index (χ4v) is 3.81. The van der Waals surface area contributed by atoms with E-state index in [9.17, 15) is 9.18 Å². The Morgan fingerprint density at radius 2 is 2.04 bits per heavy atom. The number of nitrogens with one attached hydrogen (secondary N) is 1. The highest BCUT2D eigenvalue weighted by Gasteiger charge is 2.29. The van der Waals surface area contributed by atoms with Crippen LogP contribution in [0.3, 0.4) is 0 Å². The number of methoxy groups -OCH3 is 1. The van der Waals surface area contributed by atoms with Crippen LogP contribution in [0.4, 0.5) is 4.39 Å². The zero-order chi connectivity index (χ0) is 17.0. The molecule has 0 saturated carbocycles. The molecule has 0 atom stereocenters. The molecular weight excluding hydrogens is 351 g/mol. The Kier molecular flexibility index (Phi) is 7.60. The number of rotatable bonds is 7. The molecule has 0 spiro atoms. The van der Waals surface area contributed by atoms with Gasteiger partial charge in [-0.2, -0.15) is 0 Å². The molecule has 0 unspecified atom stereocenters. The van der Waals surface area contributed by atoms with Gasteiger partial charge in [-0.15, -0.1) is 23.7 Å². The summed E-state index contributed by atoms with van der Waals surface area (Å²) in [5.41, 5.74) is 6.02. The van der Waals surface area contributed by atoms with Crippen molar-refractivity contribution < 1.29 is 13.9 Å². The molecule has 0 aliphatic rings. The fraction of sp³-hybridized carbons (Fsp3) is 0.471. The van der Waals surface area contributed by atoms with Gasteiger partial charge in [0, 0.05) is 29.3 Å². The van der Waals surface area contributed by atoms with Crippen molar-refractivity contribution in [1.29, 1.82) is 0 Å². The Bertz CT molecular complexity index is 693. The van der Waals surface area contributed by atoms with Gasteiger partial charge in [-0.3, -0.25) is 4.79 Å². The smallest absolute Gasteiger partial charge is 0.262 e. The molecule has 7 heteroatoms. The lowest BCUT2D eigenvalue weighted by atomic mass is 9.92. The average molecular weight is 375 g/mol. The minimum absolute atomic E-state index is 0. The van der Waals surface area contributed by atoms with Gasteiger partial charge in [0.25, 0.3) is 5.91 Å². The van der Waals surface area contributed by atoms with Crippen LogP contribution in [0, 0.1) is 5.82 Å². The molecule has 24 heavy (non-hydrogen) atoms. The Hall–Kier alpha value is -1.21. The van der Waals surface area contributed by atoms with Crippen molar-refractivity contribution in [3.8, 4) is 0 Å². The largest absolute Gasteiger partial charge is 0.380 e. The minimum atomic E-state index is -0.434. The first kappa shape index (κ1) is 20.8. The first-order chi connectivity index (χ1) is 11.0. The summed E-state index contributed by atoms with van der Waals surface area (Å²) in [4.78, 5) is 13.3. The minimum Gasteiger partial charge on any atom is -0.380 e. The number of hydrogen-bond donors (Lipinski definition) is 2. The van der Waals surface area contributed by atoms with Gasteiger partial charge in [-0.25, -0.2) is 4.39 Å². The first-order valence-electron chi connectivity index (χ1n) is 7.73. The number of fused-ring (bicyclic) bond motifs is 1. The summed E-state index contributed by atoms with van der Waals surface area (Å²) in [6.45, 7) is 4.55. The van der Waals surface area contributed by atoms with Gasteiger partial charge < -0.3 is 15.8 Å². The van der Waals surface area contributed by atoms with Crippen LogP contribution in [-0.2, 0) is 11.3 Å². The predicted octanol–water partition coefficient (Wildman–Crippen LogP) is 3.86. The van der Waals surface area contributed by atoms with Crippen LogP contribution < -0.4 is 11.1 Å². The second-order valence-electron chi connectivity index (χ2n) is 5.60. The van der Waals surface area contributed by atoms with Crippen LogP contribution in [0.2, 0.25) is 0 Å². The van der Waals surface area contributed by atoms with E-state index in [1.165, 1.54) is 24.5 Å². The number of thiophene rings is 1. The maximum absolute atomic E-state index is 14.2. The number of amides is 1. The molecule has 0 radical (unpaired) electrons. The van der Waals surface area contributed by atoms with Crippen LogP contribution in [-0.4, -0.2) is 25.1 Å². The van der Waals surface area contributed by atoms with Gasteiger partial charge in [0.2, 0.25) is 0 Å². The fourth-order valence-electron chi connectivity index (χ4n) is 2.70. The number of carbonyl (C=O) groups excluding carboxylic acids is 1. The number of carbonyl (C=O) groups is 1. The second-order valence-corrected chi connectivity index (χ2v) is 6.65. The number of ether oxygens (including phenoxy) is 1. The predicted molar refractivity (Wildman–Crippen MR) is 99.6 cm³/mol. The number of benzene rings is 1. The van der Waals surface area contributed by atoms with E-state index in [2.05, 4.69) is 5.32 Å². The van der Waals surface area contributed by atoms with Crippen molar-refractivity contribution in [2.75, 3.05) is 13.7 Å². The Labute approximate surface area is 152 Å². The van der Waals surface area contributed by atoms with E-state index in [1.54, 1.807) is 6.07 Å². The third kappa shape index (κ3) is 3.88. The van der Waals surface area contributed by atoms with Crippen LogP contribution in [0.15, 0.2) is 18.2 Å². The maximum Gasteiger partial charge on any atom is 0.262 e. The normalized spacial score (nSPS) is 11.4. The summed E-state index contributed by atoms with van der Waals surface area (Å²) in [7, 11) is 1.54. The molecule has 1 aromatic heterocycles. The van der Waals surface area contributed by atoms with Crippen molar-refractivity contribution in [1.82, 2.24) is 5.32 Å². The zero-order valence-corrected chi connectivity index (χ0v) is 15.8. The molecule has 4 nitrogen and oxygen atoms in total. The van der Waals surface area contributed by atoms with E-state index in [-0.39, 0.29) is 30.7 Å². The molecule has 1 aromatic carbocycles. The Morgan fingerprint density at radius 3 is 2.58 bits per heavy atom. The number of nitrogens with two attached hydrogens (primary N) is 1. The lowest BCUT2D eigenvalue weighted by molar-refractivity contribution is 0.0895. The molecule has 1 amide bonds. The van der Waals surface area contributed by atoms with Gasteiger partial charge in [0.05, 0.1) is 17.0 Å². The van der Waals surface area contributed by atoms with Crippen molar-refractivity contribution >= 4 is 39.7 Å². The van der Waals surface area contributed by atoms with Crippen LogP contribution in [0.5, 0.6) is 0 Å². The number of hydrogen-bond acceptors (Lipinski definition) is 4. The summed E-state index contributed by atoms with van der Waals surface area (Å²) in [6.07, 6.45) is 1.48. The Balaban J connectivity index is 0.00000288. The molecule has 2 aromatic rings. The summed E-state index contributed by atoms with van der Waals surface area (Å²) < 4.78 is 20.1. The van der Waals surface area contributed by atoms with Gasteiger partial charge in [0.15, 0.2) is 0 Å². The van der Waals surface area contributed by atoms with Crippen LogP contribution in [0.1, 0.15) is 41.9 Å². The van der Waals surface area contributed by atoms with Gasteiger partial charge >= 0.3 is 0 Å². The molecule has 0 fully saturated rings. The van der Waals surface area contributed by atoms with Crippen molar-refractivity contribution in [3.05, 3.63) is 34.5 Å². The highest BCUT2D eigenvalue weighted by molar-refractivity contribution is 7.21. The third-order valence-electron chi connectivity index (χ3n) is 4.38. The SMILES string of the molecule is CCC(CC)(CN)NC(=O)c1sc2cccc(F)c2c1COC.Cl.